The van der Waals surface area contributed by atoms with Crippen molar-refractivity contribution in [1.29, 1.82) is 0 Å². The molecule has 0 saturated heterocycles. The fourth-order valence-electron chi connectivity index (χ4n) is 9.98. The summed E-state index contributed by atoms with van der Waals surface area (Å²) in [6.07, 6.45) is 0. The molecule has 0 saturated carbocycles. The molecule has 4 N–H and O–H groups in total. The monoisotopic (exact) mass is 888 g/mol. The van der Waals surface area contributed by atoms with E-state index in [0.29, 0.717) is 57.8 Å². The van der Waals surface area contributed by atoms with Crippen molar-refractivity contribution in [3.05, 3.63) is 166 Å². The summed E-state index contributed by atoms with van der Waals surface area (Å²) >= 11 is 0. The Labute approximate surface area is 378 Å². The van der Waals surface area contributed by atoms with E-state index in [1.165, 1.54) is 24.3 Å². The number of carbonyl (C=O) groups is 2. The third-order valence-electron chi connectivity index (χ3n) is 13.3. The number of aromatic nitrogens is 4. The van der Waals surface area contributed by atoms with Gasteiger partial charge in [-0.25, -0.2) is 18.7 Å². The minimum absolute atomic E-state index is 0.0108. The maximum absolute atomic E-state index is 14.3. The van der Waals surface area contributed by atoms with Gasteiger partial charge < -0.3 is 30.3 Å². The molecule has 4 atom stereocenters. The average Bonchev–Trinajstić information content (AvgIpc) is 4.06. The van der Waals surface area contributed by atoms with Crippen molar-refractivity contribution < 1.29 is 38.1 Å². The first-order chi connectivity index (χ1) is 31.8. The van der Waals surface area contributed by atoms with Gasteiger partial charge in [0.25, 0.3) is 0 Å². The van der Waals surface area contributed by atoms with Crippen molar-refractivity contribution in [1.82, 2.24) is 19.1 Å². The Balaban J connectivity index is 0.843. The first-order valence-electron chi connectivity index (χ1n) is 21.8. The highest BCUT2D eigenvalue weighted by Crippen LogP contribution is 2.49. The van der Waals surface area contributed by atoms with Crippen molar-refractivity contribution in [3.8, 4) is 22.9 Å². The third-order valence-corrected chi connectivity index (χ3v) is 13.3. The lowest BCUT2D eigenvalue weighted by Gasteiger charge is -2.29. The fraction of sp³-hybridized carbons (Fsp3) is 0.231. The molecule has 12 nitrogen and oxygen atoms in total. The Bertz CT molecular complexity index is 3040. The summed E-state index contributed by atoms with van der Waals surface area (Å²) < 4.78 is 44.6. The molecule has 334 valence electrons. The average molecular weight is 889 g/mol. The number of aryl methyl sites for hydroxylation is 2. The highest BCUT2D eigenvalue weighted by Gasteiger charge is 2.49. The summed E-state index contributed by atoms with van der Waals surface area (Å²) in [5.41, 5.74) is 11.3. The van der Waals surface area contributed by atoms with Gasteiger partial charge in [0.05, 0.1) is 58.5 Å². The van der Waals surface area contributed by atoms with Crippen LogP contribution in [0.3, 0.4) is 0 Å². The van der Waals surface area contributed by atoms with E-state index >= 15 is 0 Å². The summed E-state index contributed by atoms with van der Waals surface area (Å²) in [5.74, 6) is -4.72. The lowest BCUT2D eigenvalue weighted by atomic mass is 9.71. The van der Waals surface area contributed by atoms with E-state index in [0.717, 1.165) is 56.7 Å². The normalized spacial score (nSPS) is 16.1. The van der Waals surface area contributed by atoms with Gasteiger partial charge in [0, 0.05) is 71.7 Å². The summed E-state index contributed by atoms with van der Waals surface area (Å²) in [6, 6.07) is 32.0. The second kappa shape index (κ2) is 16.7. The van der Waals surface area contributed by atoms with Gasteiger partial charge in [-0.3, -0.25) is 18.7 Å². The molecule has 66 heavy (non-hydrogen) atoms. The van der Waals surface area contributed by atoms with Gasteiger partial charge in [0.1, 0.15) is 34.8 Å². The molecule has 0 spiro atoms. The van der Waals surface area contributed by atoms with Gasteiger partial charge in [-0.1, -0.05) is 36.4 Å². The summed E-state index contributed by atoms with van der Waals surface area (Å²) in [5, 5.41) is 28.4. The molecule has 2 aliphatic heterocycles. The van der Waals surface area contributed by atoms with E-state index in [1.807, 2.05) is 110 Å². The summed E-state index contributed by atoms with van der Waals surface area (Å²) in [7, 11) is 0. The van der Waals surface area contributed by atoms with Gasteiger partial charge in [-0.2, -0.15) is 0 Å². The van der Waals surface area contributed by atoms with Crippen LogP contribution in [0.2, 0.25) is 0 Å². The lowest BCUT2D eigenvalue weighted by molar-refractivity contribution is -0.156. The molecular formula is C52H46F2N6O6. The summed E-state index contributed by atoms with van der Waals surface area (Å²) in [6.45, 7) is 8.75. The van der Waals surface area contributed by atoms with E-state index in [4.69, 9.17) is 9.47 Å². The Morgan fingerprint density at radius 1 is 0.621 bits per heavy atom. The van der Waals surface area contributed by atoms with Gasteiger partial charge in [0.15, 0.2) is 0 Å². The number of ether oxygens (including phenoxy) is 2. The zero-order valence-electron chi connectivity index (χ0n) is 36.6. The number of carboxylic acids is 2. The van der Waals surface area contributed by atoms with Crippen LogP contribution in [-0.4, -0.2) is 54.5 Å². The fourth-order valence-corrected chi connectivity index (χ4v) is 9.98. The number of hydrogen-bond acceptors (Lipinski definition) is 8. The Morgan fingerprint density at radius 3 is 1.45 bits per heavy atom. The highest BCUT2D eigenvalue weighted by molar-refractivity contribution is 5.83. The number of carboxylic acid groups (broad SMARTS) is 2. The van der Waals surface area contributed by atoms with E-state index in [9.17, 15) is 28.6 Å². The molecule has 0 fully saturated rings. The number of fused-ring (bicyclic) bond motifs is 4. The number of imidazole rings is 2. The highest BCUT2D eigenvalue weighted by atomic mass is 19.1. The predicted molar refractivity (Wildman–Crippen MR) is 247 cm³/mol. The van der Waals surface area contributed by atoms with Crippen LogP contribution in [0.25, 0.3) is 33.4 Å². The van der Waals surface area contributed by atoms with Gasteiger partial charge in [-0.05, 0) is 98.5 Å². The maximum Gasteiger partial charge on any atom is 0.308 e. The minimum atomic E-state index is -1.32. The van der Waals surface area contributed by atoms with E-state index in [-0.39, 0.29) is 24.8 Å². The molecule has 2 unspecified atom stereocenters. The van der Waals surface area contributed by atoms with Crippen molar-refractivity contribution in [3.63, 3.8) is 0 Å². The van der Waals surface area contributed by atoms with E-state index in [2.05, 4.69) is 20.6 Å². The van der Waals surface area contributed by atoms with E-state index in [1.54, 1.807) is 12.1 Å². The zero-order valence-corrected chi connectivity index (χ0v) is 36.6. The molecule has 14 heteroatoms. The number of rotatable bonds is 13. The van der Waals surface area contributed by atoms with Crippen LogP contribution in [0, 0.1) is 51.2 Å². The van der Waals surface area contributed by atoms with Crippen LogP contribution in [0.15, 0.2) is 109 Å². The molecule has 6 aromatic carbocycles. The molecule has 2 aromatic heterocycles. The number of nitrogens with zero attached hydrogens (tertiary/aromatic N) is 4. The number of aliphatic carboxylic acids is 2. The maximum atomic E-state index is 14.3. The molecule has 4 heterocycles. The molecule has 10 rings (SSSR count). The van der Waals surface area contributed by atoms with Crippen molar-refractivity contribution in [2.24, 2.45) is 11.8 Å². The first-order valence-corrected chi connectivity index (χ1v) is 21.8. The smallest absolute Gasteiger partial charge is 0.308 e. The van der Waals surface area contributed by atoms with Crippen LogP contribution < -0.4 is 20.1 Å². The first kappa shape index (κ1) is 42.2. The zero-order chi connectivity index (χ0) is 46.0. The SMILES string of the molecule is Cc1c(CNc2ccc3c(c2)OC[C@H]3C(C(=O)O)C(C(=O)O)[C@@H]2COc3cc(NCc4cccc(-n5c(C)nc6ccc(F)cc65)c4C)ccc32)cccc1-n1c(C)nc2ccc(F)cc21. The van der Waals surface area contributed by atoms with Gasteiger partial charge in [0.2, 0.25) is 0 Å². The molecule has 0 bridgehead atoms. The Kier molecular flexibility index (Phi) is 10.7. The Morgan fingerprint density at radius 2 is 1.05 bits per heavy atom. The van der Waals surface area contributed by atoms with Crippen molar-refractivity contribution in [2.45, 2.75) is 52.6 Å². The molecule has 8 aromatic rings. The number of hydrogen-bond donors (Lipinski definition) is 4. The molecule has 0 radical (unpaired) electrons. The number of nitrogens with one attached hydrogen (secondary N) is 2. The second-order valence-corrected chi connectivity index (χ2v) is 17.2. The number of anilines is 2. The van der Waals surface area contributed by atoms with Gasteiger partial charge in [-0.15, -0.1) is 0 Å². The predicted octanol–water partition coefficient (Wildman–Crippen LogP) is 10.2. The summed E-state index contributed by atoms with van der Waals surface area (Å²) in [4.78, 5) is 35.6. The van der Waals surface area contributed by atoms with Crippen LogP contribution in [0.1, 0.15) is 56.9 Å². The number of benzene rings is 6. The largest absolute Gasteiger partial charge is 0.493 e. The molecule has 0 aliphatic carbocycles. The van der Waals surface area contributed by atoms with Crippen LogP contribution >= 0.6 is 0 Å². The topological polar surface area (TPSA) is 153 Å². The lowest BCUT2D eigenvalue weighted by Crippen LogP contribution is -2.39. The van der Waals surface area contributed by atoms with Gasteiger partial charge >= 0.3 is 11.9 Å². The second-order valence-electron chi connectivity index (χ2n) is 17.2. The molecule has 2 aliphatic rings. The third kappa shape index (κ3) is 7.41. The molecule has 0 amide bonds. The quantitative estimate of drug-likeness (QED) is 0.0880. The number of halogens is 2. The molecular weight excluding hydrogens is 843 g/mol. The standard InChI is InChI=1S/C52H46F2N6O6/c1-27-31(7-5-9-43(27)59-29(3)57-41-17-11-33(53)19-45(41)59)23-55-35-13-15-37-39(25-65-47(37)21-35)49(51(61)62)50(52(63)64)40-26-66-48-22-36(14-16-38(40)48)56-24-32-8-6-10-44(28(32)2)60-30(4)58-42-18-12-34(54)20-46(42)60/h5-22,39-40,49-50,55-56H,23-26H2,1-4H3,(H,61,62)(H,63,64)/t39-,40-,49?,50?/m1/s1. The van der Waals surface area contributed by atoms with E-state index < -0.39 is 35.6 Å². The van der Waals surface area contributed by atoms with Crippen molar-refractivity contribution in [2.75, 3.05) is 23.8 Å². The van der Waals surface area contributed by atoms with Crippen LogP contribution in [0.5, 0.6) is 11.5 Å². The Hall–Kier alpha value is -7.74. The van der Waals surface area contributed by atoms with Crippen molar-refractivity contribution >= 4 is 45.4 Å². The van der Waals surface area contributed by atoms with Crippen LogP contribution in [0.4, 0.5) is 20.2 Å². The minimum Gasteiger partial charge on any atom is -0.493 e. The van der Waals surface area contributed by atoms with Crippen LogP contribution in [-0.2, 0) is 22.7 Å².